The molecule has 0 aliphatic carbocycles. The Hall–Kier alpha value is -0.120. The minimum atomic E-state index is 0.455. The maximum Gasteiger partial charge on any atom is 0.0704 e. The predicted molar refractivity (Wildman–Crippen MR) is 68.8 cm³/mol. The third-order valence-electron chi connectivity index (χ3n) is 3.28. The van der Waals surface area contributed by atoms with Gasteiger partial charge >= 0.3 is 0 Å². The van der Waals surface area contributed by atoms with E-state index in [2.05, 4.69) is 31.0 Å². The average molecular weight is 228 g/mol. The first-order valence-corrected chi connectivity index (χ1v) is 6.84. The van der Waals surface area contributed by atoms with Crippen LogP contribution in [0.1, 0.15) is 40.0 Å². The normalized spacial score (nSPS) is 25.5. The Morgan fingerprint density at radius 1 is 1.25 bits per heavy atom. The van der Waals surface area contributed by atoms with Crippen LogP contribution in [-0.4, -0.2) is 49.8 Å². The van der Waals surface area contributed by atoms with Crippen LogP contribution in [0, 0.1) is 0 Å². The molecule has 1 aliphatic rings. The molecule has 1 N–H and O–H groups in total. The van der Waals surface area contributed by atoms with Crippen molar-refractivity contribution in [2.75, 3.05) is 32.7 Å². The monoisotopic (exact) mass is 228 g/mol. The van der Waals surface area contributed by atoms with Crippen molar-refractivity contribution in [1.29, 1.82) is 0 Å². The molecule has 0 aromatic carbocycles. The van der Waals surface area contributed by atoms with Gasteiger partial charge in [0, 0.05) is 19.6 Å². The molecule has 1 heterocycles. The summed E-state index contributed by atoms with van der Waals surface area (Å²) in [6, 6.07) is 0. The molecule has 0 aromatic heterocycles. The van der Waals surface area contributed by atoms with Gasteiger partial charge in [0.2, 0.25) is 0 Å². The molecule has 0 saturated carbocycles. The van der Waals surface area contributed by atoms with E-state index in [1.807, 2.05) is 0 Å². The van der Waals surface area contributed by atoms with Crippen molar-refractivity contribution in [3.8, 4) is 0 Å². The lowest BCUT2D eigenvalue weighted by molar-refractivity contribution is 0.0558. The second kappa shape index (κ2) is 8.04. The summed E-state index contributed by atoms with van der Waals surface area (Å²) in [5.41, 5.74) is 0. The van der Waals surface area contributed by atoms with Gasteiger partial charge in [-0.15, -0.1) is 0 Å². The van der Waals surface area contributed by atoms with Crippen LogP contribution in [0.2, 0.25) is 0 Å². The number of nitrogens with one attached hydrogen (secondary N) is 1. The van der Waals surface area contributed by atoms with Gasteiger partial charge in [0.05, 0.1) is 12.2 Å². The zero-order chi connectivity index (χ0) is 11.8. The van der Waals surface area contributed by atoms with Crippen LogP contribution in [0.25, 0.3) is 0 Å². The van der Waals surface area contributed by atoms with Crippen LogP contribution in [0.15, 0.2) is 0 Å². The van der Waals surface area contributed by atoms with E-state index in [0.29, 0.717) is 12.2 Å². The number of ether oxygens (including phenoxy) is 1. The van der Waals surface area contributed by atoms with Crippen LogP contribution >= 0.6 is 0 Å². The van der Waals surface area contributed by atoms with E-state index in [4.69, 9.17) is 4.74 Å². The Kier molecular flexibility index (Phi) is 7.01. The molecule has 0 bridgehead atoms. The summed E-state index contributed by atoms with van der Waals surface area (Å²) >= 11 is 0. The van der Waals surface area contributed by atoms with E-state index >= 15 is 0 Å². The molecule has 2 unspecified atom stereocenters. The number of nitrogens with zero attached hydrogens (tertiary/aromatic N) is 1. The smallest absolute Gasteiger partial charge is 0.0704 e. The molecule has 16 heavy (non-hydrogen) atoms. The molecule has 0 radical (unpaired) electrons. The first kappa shape index (κ1) is 13.9. The molecule has 3 heteroatoms. The fraction of sp³-hybridized carbons (Fsp3) is 1.00. The van der Waals surface area contributed by atoms with Crippen molar-refractivity contribution in [2.45, 2.75) is 52.2 Å². The Morgan fingerprint density at radius 2 is 2.06 bits per heavy atom. The van der Waals surface area contributed by atoms with Gasteiger partial charge in [0.15, 0.2) is 0 Å². The molecule has 1 aliphatic heterocycles. The van der Waals surface area contributed by atoms with Crippen molar-refractivity contribution in [1.82, 2.24) is 10.2 Å². The van der Waals surface area contributed by atoms with Crippen LogP contribution in [0.5, 0.6) is 0 Å². The first-order valence-electron chi connectivity index (χ1n) is 6.84. The lowest BCUT2D eigenvalue weighted by Gasteiger charge is -2.20. The van der Waals surface area contributed by atoms with Crippen molar-refractivity contribution >= 4 is 0 Å². The Bertz CT molecular complexity index is 169. The summed E-state index contributed by atoms with van der Waals surface area (Å²) in [4.78, 5) is 2.49. The standard InChI is InChI=1S/C13H28N2O/c1-4-9-15(5-2)10-8-14-11-13-7-6-12(3)16-13/h12-14H,4-11H2,1-3H3. The van der Waals surface area contributed by atoms with E-state index < -0.39 is 0 Å². The van der Waals surface area contributed by atoms with Gasteiger partial charge in [-0.05, 0) is 39.3 Å². The predicted octanol–water partition coefficient (Wildman–Crippen LogP) is 1.88. The molecule has 3 nitrogen and oxygen atoms in total. The van der Waals surface area contributed by atoms with Gasteiger partial charge in [-0.3, -0.25) is 0 Å². The summed E-state index contributed by atoms with van der Waals surface area (Å²) < 4.78 is 5.77. The highest BCUT2D eigenvalue weighted by molar-refractivity contribution is 4.72. The summed E-state index contributed by atoms with van der Waals surface area (Å²) in [6.07, 6.45) is 4.62. The van der Waals surface area contributed by atoms with Gasteiger partial charge in [0.25, 0.3) is 0 Å². The van der Waals surface area contributed by atoms with Gasteiger partial charge in [-0.2, -0.15) is 0 Å². The second-order valence-electron chi connectivity index (χ2n) is 4.78. The summed E-state index contributed by atoms with van der Waals surface area (Å²) in [5.74, 6) is 0. The van der Waals surface area contributed by atoms with Gasteiger partial charge in [-0.1, -0.05) is 13.8 Å². The molecule has 1 fully saturated rings. The van der Waals surface area contributed by atoms with Gasteiger partial charge in [-0.25, -0.2) is 0 Å². The van der Waals surface area contributed by atoms with E-state index in [0.717, 1.165) is 26.2 Å². The van der Waals surface area contributed by atoms with Gasteiger partial charge in [0.1, 0.15) is 0 Å². The lowest BCUT2D eigenvalue weighted by Crippen LogP contribution is -2.35. The number of rotatable bonds is 8. The highest BCUT2D eigenvalue weighted by Crippen LogP contribution is 2.17. The zero-order valence-electron chi connectivity index (χ0n) is 11.2. The molecule has 1 rings (SSSR count). The summed E-state index contributed by atoms with van der Waals surface area (Å²) in [6.45, 7) is 12.3. The summed E-state index contributed by atoms with van der Waals surface area (Å²) in [5, 5.41) is 3.50. The van der Waals surface area contributed by atoms with E-state index in [9.17, 15) is 0 Å². The average Bonchev–Trinajstić information content (AvgIpc) is 2.69. The second-order valence-corrected chi connectivity index (χ2v) is 4.78. The number of likely N-dealkylation sites (N-methyl/N-ethyl adjacent to an activating group) is 1. The van der Waals surface area contributed by atoms with Crippen LogP contribution < -0.4 is 5.32 Å². The minimum Gasteiger partial charge on any atom is -0.374 e. The third kappa shape index (κ3) is 5.28. The highest BCUT2D eigenvalue weighted by atomic mass is 16.5. The van der Waals surface area contributed by atoms with Crippen LogP contribution in [0.3, 0.4) is 0 Å². The zero-order valence-corrected chi connectivity index (χ0v) is 11.2. The minimum absolute atomic E-state index is 0.455. The maximum atomic E-state index is 5.77. The van der Waals surface area contributed by atoms with Crippen molar-refractivity contribution in [3.63, 3.8) is 0 Å². The maximum absolute atomic E-state index is 5.77. The van der Waals surface area contributed by atoms with E-state index in [1.165, 1.54) is 25.8 Å². The molecule has 96 valence electrons. The van der Waals surface area contributed by atoms with Crippen LogP contribution in [-0.2, 0) is 4.74 Å². The quantitative estimate of drug-likeness (QED) is 0.642. The van der Waals surface area contributed by atoms with Crippen LogP contribution in [0.4, 0.5) is 0 Å². The Balaban J connectivity index is 1.98. The topological polar surface area (TPSA) is 24.5 Å². The Labute approximate surface area is 101 Å². The lowest BCUT2D eigenvalue weighted by atomic mass is 10.2. The molecule has 0 spiro atoms. The molecular formula is C13H28N2O. The van der Waals surface area contributed by atoms with E-state index in [1.54, 1.807) is 0 Å². The van der Waals surface area contributed by atoms with Crippen molar-refractivity contribution in [3.05, 3.63) is 0 Å². The van der Waals surface area contributed by atoms with Crippen molar-refractivity contribution < 1.29 is 4.74 Å². The first-order chi connectivity index (χ1) is 7.76. The Morgan fingerprint density at radius 3 is 2.62 bits per heavy atom. The number of hydrogen-bond donors (Lipinski definition) is 1. The molecule has 0 aromatic rings. The van der Waals surface area contributed by atoms with E-state index in [-0.39, 0.29) is 0 Å². The number of hydrogen-bond acceptors (Lipinski definition) is 3. The fourth-order valence-corrected chi connectivity index (χ4v) is 2.28. The van der Waals surface area contributed by atoms with Crippen molar-refractivity contribution in [2.24, 2.45) is 0 Å². The molecular weight excluding hydrogens is 200 g/mol. The van der Waals surface area contributed by atoms with Gasteiger partial charge < -0.3 is 15.0 Å². The highest BCUT2D eigenvalue weighted by Gasteiger charge is 2.20. The molecule has 1 saturated heterocycles. The third-order valence-corrected chi connectivity index (χ3v) is 3.28. The summed E-state index contributed by atoms with van der Waals surface area (Å²) in [7, 11) is 0. The largest absolute Gasteiger partial charge is 0.374 e. The fourth-order valence-electron chi connectivity index (χ4n) is 2.28. The molecule has 0 amide bonds. The SMILES string of the molecule is CCCN(CC)CCNCC1CCC(C)O1. The molecule has 2 atom stereocenters.